The highest BCUT2D eigenvalue weighted by molar-refractivity contribution is 9.11. The monoisotopic (exact) mass is 489 g/mol. The Bertz CT molecular complexity index is 966. The molecule has 0 saturated carbocycles. The molecule has 0 atom stereocenters. The largest absolute Gasteiger partial charge is 0.495 e. The molecule has 0 radical (unpaired) electrons. The molecule has 0 N–H and O–H groups in total. The first-order valence-electron chi connectivity index (χ1n) is 8.38. The minimum atomic E-state index is -3.84. The first-order valence-corrected chi connectivity index (χ1v) is 11.4. The van der Waals surface area contributed by atoms with Crippen molar-refractivity contribution >= 4 is 49.0 Å². The second-order valence-corrected chi connectivity index (χ2v) is 9.93. The van der Waals surface area contributed by atoms with Gasteiger partial charge in [0, 0.05) is 13.1 Å². The Labute approximate surface area is 176 Å². The van der Waals surface area contributed by atoms with Gasteiger partial charge in [0.1, 0.15) is 10.6 Å². The average Bonchev–Trinajstić information content (AvgIpc) is 3.12. The lowest BCUT2D eigenvalue weighted by molar-refractivity contribution is 0.0475. The van der Waals surface area contributed by atoms with Gasteiger partial charge in [0.2, 0.25) is 15.8 Å². The Morgan fingerprint density at radius 2 is 1.82 bits per heavy atom. The van der Waals surface area contributed by atoms with Gasteiger partial charge in [-0.1, -0.05) is 13.8 Å². The Morgan fingerprint density at radius 1 is 1.14 bits per heavy atom. The average molecular weight is 490 g/mol. The standard InChI is InChI=1S/C18H20BrNO6S2/c1-4-20(5-2)28(23,24)16-10-12(6-7-14(16)25-3)18(22)26-11-13(21)15-8-9-17(19)27-15/h6-10H,4-5,11H2,1-3H3. The highest BCUT2D eigenvalue weighted by atomic mass is 79.9. The zero-order valence-corrected chi connectivity index (χ0v) is 18.8. The first kappa shape index (κ1) is 22.5. The van der Waals surface area contributed by atoms with E-state index >= 15 is 0 Å². The van der Waals surface area contributed by atoms with E-state index in [0.29, 0.717) is 4.88 Å². The van der Waals surface area contributed by atoms with Crippen LogP contribution in [0.1, 0.15) is 33.9 Å². The summed E-state index contributed by atoms with van der Waals surface area (Å²) < 4.78 is 37.9. The number of rotatable bonds is 9. The lowest BCUT2D eigenvalue weighted by Crippen LogP contribution is -2.31. The maximum absolute atomic E-state index is 12.8. The summed E-state index contributed by atoms with van der Waals surface area (Å²) in [7, 11) is -2.49. The third-order valence-electron chi connectivity index (χ3n) is 3.90. The Kier molecular flexibility index (Phi) is 7.76. The second-order valence-electron chi connectivity index (χ2n) is 5.56. The van der Waals surface area contributed by atoms with E-state index in [0.717, 1.165) is 3.79 Å². The molecule has 0 unspecified atom stereocenters. The number of benzene rings is 1. The molecular weight excluding hydrogens is 470 g/mol. The fourth-order valence-electron chi connectivity index (χ4n) is 2.46. The van der Waals surface area contributed by atoms with Crippen molar-refractivity contribution in [3.05, 3.63) is 44.6 Å². The molecule has 1 aromatic carbocycles. The molecule has 2 rings (SSSR count). The third kappa shape index (κ3) is 4.99. The summed E-state index contributed by atoms with van der Waals surface area (Å²) in [5, 5.41) is 0. The normalized spacial score (nSPS) is 11.5. The number of thiophene rings is 1. The van der Waals surface area contributed by atoms with E-state index in [1.54, 1.807) is 26.0 Å². The lowest BCUT2D eigenvalue weighted by atomic mass is 10.2. The van der Waals surface area contributed by atoms with Gasteiger partial charge in [0.05, 0.1) is 21.3 Å². The molecule has 0 bridgehead atoms. The molecule has 0 aliphatic rings. The number of methoxy groups -OCH3 is 1. The van der Waals surface area contributed by atoms with Crippen LogP contribution in [0.15, 0.2) is 39.0 Å². The molecule has 0 aliphatic heterocycles. The lowest BCUT2D eigenvalue weighted by Gasteiger charge is -2.20. The number of carbonyl (C=O) groups is 2. The van der Waals surface area contributed by atoms with Crippen molar-refractivity contribution in [1.29, 1.82) is 0 Å². The number of nitrogens with zero attached hydrogens (tertiary/aromatic N) is 1. The Hall–Kier alpha value is -1.75. The fraction of sp³-hybridized carbons (Fsp3) is 0.333. The molecule has 1 heterocycles. The van der Waals surface area contributed by atoms with Crippen LogP contribution in [0.4, 0.5) is 0 Å². The van der Waals surface area contributed by atoms with Crippen LogP contribution in [-0.4, -0.2) is 51.3 Å². The molecule has 0 fully saturated rings. The van der Waals surface area contributed by atoms with Gasteiger partial charge in [-0.05, 0) is 46.3 Å². The van der Waals surface area contributed by atoms with Gasteiger partial charge in [-0.15, -0.1) is 11.3 Å². The van der Waals surface area contributed by atoms with Crippen LogP contribution in [0, 0.1) is 0 Å². The third-order valence-corrected chi connectivity index (χ3v) is 7.64. The van der Waals surface area contributed by atoms with Gasteiger partial charge in [0.25, 0.3) is 0 Å². The molecule has 2 aromatic rings. The van der Waals surface area contributed by atoms with Gasteiger partial charge in [-0.25, -0.2) is 13.2 Å². The van der Waals surface area contributed by atoms with Gasteiger partial charge in [-0.2, -0.15) is 4.31 Å². The van der Waals surface area contributed by atoms with Crippen molar-refractivity contribution in [2.45, 2.75) is 18.7 Å². The summed E-state index contributed by atoms with van der Waals surface area (Å²) in [5.74, 6) is -1.00. The molecule has 0 spiro atoms. The van der Waals surface area contributed by atoms with E-state index in [1.807, 2.05) is 0 Å². The van der Waals surface area contributed by atoms with Crippen molar-refractivity contribution in [3.8, 4) is 5.75 Å². The van der Waals surface area contributed by atoms with Crippen molar-refractivity contribution in [1.82, 2.24) is 4.31 Å². The van der Waals surface area contributed by atoms with Gasteiger partial charge >= 0.3 is 5.97 Å². The van der Waals surface area contributed by atoms with Crippen LogP contribution in [0.5, 0.6) is 5.75 Å². The van der Waals surface area contributed by atoms with E-state index in [2.05, 4.69) is 15.9 Å². The number of hydrogen-bond donors (Lipinski definition) is 0. The number of Topliss-reactive ketones (excluding diaryl/α,β-unsaturated/α-hetero) is 1. The number of halogens is 1. The van der Waals surface area contributed by atoms with E-state index in [4.69, 9.17) is 9.47 Å². The number of ketones is 1. The van der Waals surface area contributed by atoms with E-state index in [9.17, 15) is 18.0 Å². The van der Waals surface area contributed by atoms with Gasteiger partial charge < -0.3 is 9.47 Å². The molecule has 28 heavy (non-hydrogen) atoms. The maximum atomic E-state index is 12.8. The summed E-state index contributed by atoms with van der Waals surface area (Å²) in [6, 6.07) is 7.36. The van der Waals surface area contributed by atoms with E-state index in [1.165, 1.54) is 41.0 Å². The van der Waals surface area contributed by atoms with Crippen LogP contribution in [0.25, 0.3) is 0 Å². The van der Waals surface area contributed by atoms with Gasteiger partial charge in [-0.3, -0.25) is 4.79 Å². The minimum absolute atomic E-state index is 0.0201. The van der Waals surface area contributed by atoms with Gasteiger partial charge in [0.15, 0.2) is 6.61 Å². The van der Waals surface area contributed by atoms with Crippen molar-refractivity contribution in [2.24, 2.45) is 0 Å². The Morgan fingerprint density at radius 3 is 2.36 bits per heavy atom. The minimum Gasteiger partial charge on any atom is -0.495 e. The number of ether oxygens (including phenoxy) is 2. The molecule has 10 heteroatoms. The van der Waals surface area contributed by atoms with Crippen molar-refractivity contribution in [3.63, 3.8) is 0 Å². The number of esters is 1. The molecule has 152 valence electrons. The van der Waals surface area contributed by atoms with Crippen LogP contribution in [-0.2, 0) is 14.8 Å². The summed E-state index contributed by atoms with van der Waals surface area (Å²) >= 11 is 4.50. The number of carbonyl (C=O) groups excluding carboxylic acids is 2. The molecule has 0 saturated heterocycles. The summed E-state index contributed by atoms with van der Waals surface area (Å²) in [6.07, 6.45) is 0. The summed E-state index contributed by atoms with van der Waals surface area (Å²) in [5.41, 5.74) is 0.0201. The zero-order valence-electron chi connectivity index (χ0n) is 15.6. The highest BCUT2D eigenvalue weighted by Crippen LogP contribution is 2.28. The summed E-state index contributed by atoms with van der Waals surface area (Å²) in [6.45, 7) is 3.57. The number of hydrogen-bond acceptors (Lipinski definition) is 7. The van der Waals surface area contributed by atoms with Crippen LogP contribution in [0.2, 0.25) is 0 Å². The summed E-state index contributed by atoms with van der Waals surface area (Å²) in [4.78, 5) is 24.8. The molecule has 0 aliphatic carbocycles. The SMILES string of the molecule is CCN(CC)S(=O)(=O)c1cc(C(=O)OCC(=O)c2ccc(Br)s2)ccc1OC. The Balaban J connectivity index is 2.24. The fourth-order valence-corrected chi connectivity index (χ4v) is 5.41. The van der Waals surface area contributed by atoms with Crippen LogP contribution in [0.3, 0.4) is 0 Å². The topological polar surface area (TPSA) is 90.0 Å². The van der Waals surface area contributed by atoms with Crippen molar-refractivity contribution in [2.75, 3.05) is 26.8 Å². The van der Waals surface area contributed by atoms with Crippen molar-refractivity contribution < 1.29 is 27.5 Å². The smallest absolute Gasteiger partial charge is 0.338 e. The van der Waals surface area contributed by atoms with E-state index < -0.39 is 22.6 Å². The van der Waals surface area contributed by atoms with Crippen LogP contribution < -0.4 is 4.74 Å². The molecular formula is C18H20BrNO6S2. The maximum Gasteiger partial charge on any atom is 0.338 e. The first-order chi connectivity index (χ1) is 13.2. The molecule has 1 aromatic heterocycles. The zero-order chi connectivity index (χ0) is 20.9. The predicted octanol–water partition coefficient (Wildman–Crippen LogP) is 3.59. The van der Waals surface area contributed by atoms with Crippen LogP contribution >= 0.6 is 27.3 Å². The molecule has 7 nitrogen and oxygen atoms in total. The second kappa shape index (κ2) is 9.64. The van der Waals surface area contributed by atoms with E-state index in [-0.39, 0.29) is 35.1 Å². The molecule has 0 amide bonds. The number of sulfonamides is 1. The highest BCUT2D eigenvalue weighted by Gasteiger charge is 2.27. The quantitative estimate of drug-likeness (QED) is 0.394. The predicted molar refractivity (Wildman–Crippen MR) is 110 cm³/mol.